The number of aromatic nitrogens is 1. The second-order valence-corrected chi connectivity index (χ2v) is 9.64. The molecule has 0 radical (unpaired) electrons. The Hall–Kier alpha value is -4.56. The van der Waals surface area contributed by atoms with Crippen LogP contribution in [0.15, 0.2) is 97.3 Å². The van der Waals surface area contributed by atoms with Gasteiger partial charge in [0.1, 0.15) is 11.9 Å². The topological polar surface area (TPSA) is 77.6 Å². The first-order valence-corrected chi connectivity index (χ1v) is 13.5. The van der Waals surface area contributed by atoms with Crippen molar-refractivity contribution in [3.05, 3.63) is 114 Å². The molecule has 1 aliphatic rings. The van der Waals surface area contributed by atoms with Crippen molar-refractivity contribution in [3.63, 3.8) is 0 Å². The summed E-state index contributed by atoms with van der Waals surface area (Å²) in [5, 5.41) is 5.78. The molecule has 0 bridgehead atoms. The molecule has 8 heteroatoms. The molecule has 204 valence electrons. The molecule has 0 unspecified atom stereocenters. The molecule has 3 aromatic carbocycles. The zero-order chi connectivity index (χ0) is 27.9. The number of piperazine rings is 1. The third-order valence-electron chi connectivity index (χ3n) is 7.08. The zero-order valence-corrected chi connectivity index (χ0v) is 22.4. The Bertz CT molecular complexity index is 1460. The van der Waals surface area contributed by atoms with Gasteiger partial charge in [0.05, 0.1) is 5.69 Å². The summed E-state index contributed by atoms with van der Waals surface area (Å²) in [6, 6.07) is 25.1. The Balaban J connectivity index is 1.26. The summed E-state index contributed by atoms with van der Waals surface area (Å²) in [5.41, 5.74) is 3.86. The molecule has 2 amide bonds. The predicted molar refractivity (Wildman–Crippen MR) is 156 cm³/mol. The van der Waals surface area contributed by atoms with Gasteiger partial charge in [0.2, 0.25) is 5.91 Å². The van der Waals surface area contributed by atoms with Crippen molar-refractivity contribution >= 4 is 23.2 Å². The summed E-state index contributed by atoms with van der Waals surface area (Å²) in [7, 11) is 0. The minimum absolute atomic E-state index is 0.0291. The van der Waals surface area contributed by atoms with Crippen molar-refractivity contribution in [1.29, 1.82) is 0 Å². The lowest BCUT2D eigenvalue weighted by Crippen LogP contribution is -2.51. The molecule has 1 aliphatic heterocycles. The lowest BCUT2D eigenvalue weighted by molar-refractivity contribution is -0.126. The first-order chi connectivity index (χ1) is 19.5. The molecule has 1 aromatic heterocycles. The van der Waals surface area contributed by atoms with E-state index in [4.69, 9.17) is 0 Å². The first-order valence-electron chi connectivity index (χ1n) is 13.5. The molecule has 1 fully saturated rings. The zero-order valence-electron chi connectivity index (χ0n) is 22.4. The summed E-state index contributed by atoms with van der Waals surface area (Å²) >= 11 is 0. The molecule has 2 N–H and O–H groups in total. The Morgan fingerprint density at radius 1 is 0.925 bits per heavy atom. The van der Waals surface area contributed by atoms with Crippen molar-refractivity contribution in [2.45, 2.75) is 13.0 Å². The number of amides is 2. The Labute approximate surface area is 233 Å². The van der Waals surface area contributed by atoms with E-state index >= 15 is 4.39 Å². The van der Waals surface area contributed by atoms with E-state index in [0.717, 1.165) is 16.7 Å². The van der Waals surface area contributed by atoms with E-state index in [1.807, 2.05) is 66.4 Å². The molecule has 0 spiro atoms. The van der Waals surface area contributed by atoms with Gasteiger partial charge < -0.3 is 15.5 Å². The lowest BCUT2D eigenvalue weighted by Gasteiger charge is -2.39. The van der Waals surface area contributed by atoms with E-state index < -0.39 is 5.82 Å². The van der Waals surface area contributed by atoms with Crippen LogP contribution in [0.4, 0.5) is 15.8 Å². The fourth-order valence-corrected chi connectivity index (χ4v) is 5.15. The molecule has 5 rings (SSSR count). The van der Waals surface area contributed by atoms with E-state index in [9.17, 15) is 9.59 Å². The van der Waals surface area contributed by atoms with Gasteiger partial charge in [-0.15, -0.1) is 0 Å². The van der Waals surface area contributed by atoms with Crippen molar-refractivity contribution in [2.24, 2.45) is 0 Å². The molecule has 4 aromatic rings. The smallest absolute Gasteiger partial charge is 0.256 e. The van der Waals surface area contributed by atoms with Gasteiger partial charge in [0, 0.05) is 61.9 Å². The van der Waals surface area contributed by atoms with Crippen LogP contribution in [0.3, 0.4) is 0 Å². The Morgan fingerprint density at radius 2 is 1.68 bits per heavy atom. The van der Waals surface area contributed by atoms with Crippen LogP contribution in [0.5, 0.6) is 0 Å². The maximum absolute atomic E-state index is 15.3. The fraction of sp³-hybridized carbons (Fsp3) is 0.219. The van der Waals surface area contributed by atoms with E-state index in [1.165, 1.54) is 6.07 Å². The molecule has 0 saturated carbocycles. The van der Waals surface area contributed by atoms with E-state index in [0.29, 0.717) is 49.7 Å². The summed E-state index contributed by atoms with van der Waals surface area (Å²) < 4.78 is 15.3. The summed E-state index contributed by atoms with van der Waals surface area (Å²) in [5.74, 6) is -0.758. The molecule has 1 atom stereocenters. The number of anilines is 2. The van der Waals surface area contributed by atoms with Crippen molar-refractivity contribution < 1.29 is 14.0 Å². The number of nitrogens with zero attached hydrogens (tertiary/aromatic N) is 3. The second kappa shape index (κ2) is 12.5. The Kier molecular flexibility index (Phi) is 8.47. The summed E-state index contributed by atoms with van der Waals surface area (Å²) in [6.45, 7) is 4.84. The number of nitrogens with one attached hydrogen (secondary N) is 2. The number of rotatable bonds is 8. The SMILES string of the molecule is CCNC(=O)[C@@H](c1ccccc1)N1CCN(c2ccc(NC(=O)c3ccccc3-c3cccnc3)cc2F)CC1. The average Bonchev–Trinajstić information content (AvgIpc) is 2.99. The summed E-state index contributed by atoms with van der Waals surface area (Å²) in [4.78, 5) is 34.3. The van der Waals surface area contributed by atoms with Crippen LogP contribution in [-0.2, 0) is 4.79 Å². The third-order valence-corrected chi connectivity index (χ3v) is 7.08. The van der Waals surface area contributed by atoms with Gasteiger partial charge >= 0.3 is 0 Å². The highest BCUT2D eigenvalue weighted by Crippen LogP contribution is 2.29. The number of carbonyl (C=O) groups is 2. The fourth-order valence-electron chi connectivity index (χ4n) is 5.15. The van der Waals surface area contributed by atoms with Gasteiger partial charge in [0.25, 0.3) is 5.91 Å². The second-order valence-electron chi connectivity index (χ2n) is 9.64. The van der Waals surface area contributed by atoms with Crippen molar-refractivity contribution in [2.75, 3.05) is 42.9 Å². The quantitative estimate of drug-likeness (QED) is 0.326. The average molecular weight is 538 g/mol. The number of benzene rings is 3. The van der Waals surface area contributed by atoms with E-state index in [2.05, 4.69) is 20.5 Å². The largest absolute Gasteiger partial charge is 0.367 e. The highest BCUT2D eigenvalue weighted by atomic mass is 19.1. The Morgan fingerprint density at radius 3 is 2.38 bits per heavy atom. The number of halogens is 1. The molecule has 1 saturated heterocycles. The van der Waals surface area contributed by atoms with E-state index in [-0.39, 0.29) is 17.9 Å². The van der Waals surface area contributed by atoms with Gasteiger partial charge in [-0.3, -0.25) is 19.5 Å². The van der Waals surface area contributed by atoms with Crippen molar-refractivity contribution in [1.82, 2.24) is 15.2 Å². The minimum atomic E-state index is -0.407. The van der Waals surface area contributed by atoms with Gasteiger partial charge in [-0.2, -0.15) is 0 Å². The van der Waals surface area contributed by atoms with Crippen LogP contribution in [0.25, 0.3) is 11.1 Å². The van der Waals surface area contributed by atoms with Gasteiger partial charge in [-0.25, -0.2) is 4.39 Å². The third kappa shape index (κ3) is 6.02. The lowest BCUT2D eigenvalue weighted by atomic mass is 10.0. The van der Waals surface area contributed by atoms with Crippen LogP contribution in [0, 0.1) is 5.82 Å². The molecular weight excluding hydrogens is 505 g/mol. The highest BCUT2D eigenvalue weighted by Gasteiger charge is 2.30. The standard InChI is InChI=1S/C32H32FN5O2/c1-2-35-32(40)30(23-9-4-3-5-10-23)38-19-17-37(18-20-38)29-15-14-25(21-28(29)33)36-31(39)27-13-7-6-12-26(27)24-11-8-16-34-22-24/h3-16,21-22,30H,2,17-20H2,1H3,(H,35,40)(H,36,39)/t30-/m1/s1. The van der Waals surface area contributed by atoms with Gasteiger partial charge in [0.15, 0.2) is 0 Å². The van der Waals surface area contributed by atoms with E-state index in [1.54, 1.807) is 36.7 Å². The van der Waals surface area contributed by atoms with Crippen LogP contribution in [0.2, 0.25) is 0 Å². The number of hydrogen-bond donors (Lipinski definition) is 2. The maximum atomic E-state index is 15.3. The maximum Gasteiger partial charge on any atom is 0.256 e. The van der Waals surface area contributed by atoms with Crippen LogP contribution in [0.1, 0.15) is 28.9 Å². The van der Waals surface area contributed by atoms with Crippen molar-refractivity contribution in [3.8, 4) is 11.1 Å². The highest BCUT2D eigenvalue weighted by molar-refractivity contribution is 6.08. The number of hydrogen-bond acceptors (Lipinski definition) is 5. The molecule has 40 heavy (non-hydrogen) atoms. The van der Waals surface area contributed by atoms with Crippen LogP contribution in [-0.4, -0.2) is 54.4 Å². The molecule has 2 heterocycles. The minimum Gasteiger partial charge on any atom is -0.367 e. The first kappa shape index (κ1) is 27.0. The molecular formula is C32H32FN5O2. The molecule has 0 aliphatic carbocycles. The monoisotopic (exact) mass is 537 g/mol. The number of likely N-dealkylation sites (N-methyl/N-ethyl adjacent to an activating group) is 1. The number of pyridine rings is 1. The molecule has 7 nitrogen and oxygen atoms in total. The number of carbonyl (C=O) groups excluding carboxylic acids is 2. The predicted octanol–water partition coefficient (Wildman–Crippen LogP) is 5.14. The van der Waals surface area contributed by atoms with Gasteiger partial charge in [-0.1, -0.05) is 54.6 Å². The van der Waals surface area contributed by atoms with Crippen LogP contribution < -0.4 is 15.5 Å². The normalized spacial score (nSPS) is 14.4. The summed E-state index contributed by atoms with van der Waals surface area (Å²) in [6.07, 6.45) is 3.39. The van der Waals surface area contributed by atoms with Crippen LogP contribution >= 0.6 is 0 Å². The van der Waals surface area contributed by atoms with Gasteiger partial charge in [-0.05, 0) is 48.4 Å².